The Hall–Kier alpha value is -0.610. The summed E-state index contributed by atoms with van der Waals surface area (Å²) in [4.78, 5) is 14.1. The minimum absolute atomic E-state index is 0.206. The van der Waals surface area contributed by atoms with Crippen molar-refractivity contribution in [2.75, 3.05) is 20.3 Å². The van der Waals surface area contributed by atoms with Gasteiger partial charge in [-0.25, -0.2) is 0 Å². The zero-order chi connectivity index (χ0) is 12.8. The van der Waals surface area contributed by atoms with Crippen molar-refractivity contribution < 1.29 is 14.6 Å². The number of methoxy groups -OCH3 is 1. The molecule has 0 aromatic carbocycles. The third-order valence-corrected chi connectivity index (χ3v) is 3.28. The highest BCUT2D eigenvalue weighted by Gasteiger charge is 2.29. The average molecular weight is 243 g/mol. The van der Waals surface area contributed by atoms with Gasteiger partial charge in [-0.15, -0.1) is 0 Å². The topological polar surface area (TPSA) is 49.8 Å². The normalized spacial score (nSPS) is 23.8. The Morgan fingerprint density at radius 3 is 2.82 bits per heavy atom. The van der Waals surface area contributed by atoms with Crippen LogP contribution in [0.1, 0.15) is 39.5 Å². The van der Waals surface area contributed by atoms with E-state index in [0.717, 1.165) is 19.4 Å². The summed E-state index contributed by atoms with van der Waals surface area (Å²) < 4.78 is 5.05. The molecule has 3 unspecified atom stereocenters. The molecule has 100 valence electrons. The van der Waals surface area contributed by atoms with Gasteiger partial charge in [0.15, 0.2) is 0 Å². The highest BCUT2D eigenvalue weighted by molar-refractivity contribution is 5.77. The first-order valence-electron chi connectivity index (χ1n) is 6.51. The Bertz CT molecular complexity index is 243. The molecule has 0 saturated carbocycles. The van der Waals surface area contributed by atoms with Crippen molar-refractivity contribution in [2.24, 2.45) is 5.92 Å². The Morgan fingerprint density at radius 1 is 1.53 bits per heavy atom. The lowest BCUT2D eigenvalue weighted by atomic mass is 10.1. The van der Waals surface area contributed by atoms with E-state index in [4.69, 9.17) is 4.74 Å². The summed E-state index contributed by atoms with van der Waals surface area (Å²) in [7, 11) is 1.66. The molecule has 1 saturated heterocycles. The van der Waals surface area contributed by atoms with Gasteiger partial charge in [0, 0.05) is 32.7 Å². The monoisotopic (exact) mass is 243 g/mol. The van der Waals surface area contributed by atoms with E-state index < -0.39 is 0 Å². The second kappa shape index (κ2) is 6.97. The smallest absolute Gasteiger partial charge is 0.223 e. The molecule has 1 heterocycles. The van der Waals surface area contributed by atoms with E-state index in [2.05, 4.69) is 0 Å². The minimum Gasteiger partial charge on any atom is -0.393 e. The van der Waals surface area contributed by atoms with Crippen LogP contribution in [0.4, 0.5) is 0 Å². The molecule has 1 rings (SSSR count). The maximum absolute atomic E-state index is 12.1. The van der Waals surface area contributed by atoms with Gasteiger partial charge in [-0.3, -0.25) is 4.79 Å². The van der Waals surface area contributed by atoms with Gasteiger partial charge in [0.05, 0.1) is 6.10 Å². The number of nitrogens with zero attached hydrogens (tertiary/aromatic N) is 1. The van der Waals surface area contributed by atoms with Crippen LogP contribution in [-0.2, 0) is 9.53 Å². The van der Waals surface area contributed by atoms with Crippen molar-refractivity contribution in [2.45, 2.75) is 51.7 Å². The van der Waals surface area contributed by atoms with E-state index in [1.807, 2.05) is 11.8 Å². The van der Waals surface area contributed by atoms with Gasteiger partial charge >= 0.3 is 0 Å². The lowest BCUT2D eigenvalue weighted by molar-refractivity contribution is -0.133. The fraction of sp³-hybridized carbons (Fsp3) is 0.923. The minimum atomic E-state index is -0.329. The maximum atomic E-state index is 12.1. The van der Waals surface area contributed by atoms with Gasteiger partial charge in [-0.05, 0) is 32.1 Å². The zero-order valence-corrected chi connectivity index (χ0v) is 11.2. The molecule has 17 heavy (non-hydrogen) atoms. The number of rotatable bonds is 6. The van der Waals surface area contributed by atoms with Gasteiger partial charge in [-0.2, -0.15) is 0 Å². The predicted octanol–water partition coefficient (Wildman–Crippen LogP) is 1.42. The molecule has 0 bridgehead atoms. The molecule has 4 heteroatoms. The van der Waals surface area contributed by atoms with Gasteiger partial charge in [0.25, 0.3) is 0 Å². The fourth-order valence-corrected chi connectivity index (χ4v) is 2.56. The molecule has 1 aliphatic heterocycles. The average Bonchev–Trinajstić information content (AvgIpc) is 2.65. The molecule has 0 aliphatic carbocycles. The Balaban J connectivity index is 2.44. The largest absolute Gasteiger partial charge is 0.393 e. The third kappa shape index (κ3) is 4.64. The SMILES string of the molecule is COCC(C)CC(=O)N1CCCC1CC(C)O. The van der Waals surface area contributed by atoms with E-state index in [0.29, 0.717) is 19.4 Å². The number of ether oxygens (including phenoxy) is 1. The van der Waals surface area contributed by atoms with Crippen molar-refractivity contribution >= 4 is 5.91 Å². The van der Waals surface area contributed by atoms with E-state index in [1.54, 1.807) is 14.0 Å². The van der Waals surface area contributed by atoms with E-state index in [-0.39, 0.29) is 24.0 Å². The number of amides is 1. The standard InChI is InChI=1S/C13H25NO3/c1-10(9-17-3)7-13(16)14-6-4-5-12(14)8-11(2)15/h10-12,15H,4-9H2,1-3H3. The molecule has 1 fully saturated rings. The second-order valence-electron chi connectivity index (χ2n) is 5.23. The van der Waals surface area contributed by atoms with Crippen molar-refractivity contribution in [3.05, 3.63) is 0 Å². The molecule has 0 radical (unpaired) electrons. The molecule has 0 aromatic rings. The van der Waals surface area contributed by atoms with E-state index >= 15 is 0 Å². The van der Waals surface area contributed by atoms with Crippen molar-refractivity contribution in [1.82, 2.24) is 4.90 Å². The first kappa shape index (κ1) is 14.5. The summed E-state index contributed by atoms with van der Waals surface area (Å²) in [5, 5.41) is 9.42. The highest BCUT2D eigenvalue weighted by Crippen LogP contribution is 2.23. The number of likely N-dealkylation sites (tertiary alicyclic amines) is 1. The molecule has 0 spiro atoms. The number of carbonyl (C=O) groups excluding carboxylic acids is 1. The number of aliphatic hydroxyl groups is 1. The Labute approximate surface area is 104 Å². The predicted molar refractivity (Wildman–Crippen MR) is 66.7 cm³/mol. The van der Waals surface area contributed by atoms with Crippen LogP contribution in [0, 0.1) is 5.92 Å². The summed E-state index contributed by atoms with van der Waals surface area (Å²) in [5.74, 6) is 0.470. The number of carbonyl (C=O) groups is 1. The molecule has 3 atom stereocenters. The highest BCUT2D eigenvalue weighted by atomic mass is 16.5. The first-order chi connectivity index (χ1) is 8.04. The number of hydrogen-bond donors (Lipinski definition) is 1. The van der Waals surface area contributed by atoms with Crippen molar-refractivity contribution in [1.29, 1.82) is 0 Å². The molecule has 1 N–H and O–H groups in total. The Kier molecular flexibility index (Phi) is 5.92. The lowest BCUT2D eigenvalue weighted by Crippen LogP contribution is -2.38. The van der Waals surface area contributed by atoms with Crippen LogP contribution < -0.4 is 0 Å². The number of aliphatic hydroxyl groups excluding tert-OH is 1. The summed E-state index contributed by atoms with van der Waals surface area (Å²) >= 11 is 0. The summed E-state index contributed by atoms with van der Waals surface area (Å²) in [6.07, 6.45) is 3.00. The van der Waals surface area contributed by atoms with Crippen LogP contribution in [0.2, 0.25) is 0 Å². The van der Waals surface area contributed by atoms with E-state index in [1.165, 1.54) is 0 Å². The van der Waals surface area contributed by atoms with E-state index in [9.17, 15) is 9.90 Å². The van der Waals surface area contributed by atoms with Crippen molar-refractivity contribution in [3.8, 4) is 0 Å². The van der Waals surface area contributed by atoms with Crippen LogP contribution in [0.25, 0.3) is 0 Å². The summed E-state index contributed by atoms with van der Waals surface area (Å²) in [6, 6.07) is 0.234. The van der Waals surface area contributed by atoms with Gasteiger partial charge in [0.2, 0.25) is 5.91 Å². The first-order valence-corrected chi connectivity index (χ1v) is 6.51. The molecule has 0 aromatic heterocycles. The van der Waals surface area contributed by atoms with Crippen molar-refractivity contribution in [3.63, 3.8) is 0 Å². The molecule has 4 nitrogen and oxygen atoms in total. The molecule has 1 amide bonds. The zero-order valence-electron chi connectivity index (χ0n) is 11.2. The van der Waals surface area contributed by atoms with Gasteiger partial charge in [-0.1, -0.05) is 6.92 Å². The van der Waals surface area contributed by atoms with Gasteiger partial charge < -0.3 is 14.7 Å². The molecular weight excluding hydrogens is 218 g/mol. The Morgan fingerprint density at radius 2 is 2.24 bits per heavy atom. The molecule has 1 aliphatic rings. The van der Waals surface area contributed by atoms with Crippen LogP contribution >= 0.6 is 0 Å². The lowest BCUT2D eigenvalue weighted by Gasteiger charge is -2.26. The quantitative estimate of drug-likeness (QED) is 0.767. The summed E-state index contributed by atoms with van der Waals surface area (Å²) in [6.45, 7) is 5.28. The second-order valence-corrected chi connectivity index (χ2v) is 5.23. The fourth-order valence-electron chi connectivity index (χ4n) is 2.56. The number of hydrogen-bond acceptors (Lipinski definition) is 3. The maximum Gasteiger partial charge on any atom is 0.223 e. The third-order valence-electron chi connectivity index (χ3n) is 3.28. The van der Waals surface area contributed by atoms with Crippen LogP contribution in [0.5, 0.6) is 0 Å². The van der Waals surface area contributed by atoms with Crippen LogP contribution in [0.3, 0.4) is 0 Å². The summed E-state index contributed by atoms with van der Waals surface area (Å²) in [5.41, 5.74) is 0. The van der Waals surface area contributed by atoms with Gasteiger partial charge in [0.1, 0.15) is 0 Å². The van der Waals surface area contributed by atoms with Crippen LogP contribution in [0.15, 0.2) is 0 Å². The van der Waals surface area contributed by atoms with Crippen LogP contribution in [-0.4, -0.2) is 48.3 Å². The molecular formula is C13H25NO3.